The number of nitro benzene ring substituents is 1. The first-order valence-electron chi connectivity index (χ1n) is 5.91. The average molecular weight is 331 g/mol. The molecular weight excluding hydrogens is 312 g/mol. The molecule has 0 aromatic heterocycles. The molecule has 6 heteroatoms. The van der Waals surface area contributed by atoms with Crippen LogP contribution in [0.5, 0.6) is 0 Å². The number of rotatable bonds is 4. The Kier molecular flexibility index (Phi) is 4.27. The molecule has 0 spiro atoms. The molecule has 1 aromatic rings. The zero-order valence-electron chi connectivity index (χ0n) is 11.7. The minimum atomic E-state index is -0.942. The van der Waals surface area contributed by atoms with Crippen LogP contribution >= 0.6 is 15.9 Å². The van der Waals surface area contributed by atoms with E-state index in [1.165, 1.54) is 6.07 Å². The van der Waals surface area contributed by atoms with Crippen molar-refractivity contribution in [2.45, 2.75) is 45.8 Å². The van der Waals surface area contributed by atoms with Gasteiger partial charge >= 0.3 is 0 Å². The van der Waals surface area contributed by atoms with Crippen LogP contribution in [0.15, 0.2) is 16.6 Å². The highest BCUT2D eigenvalue weighted by atomic mass is 79.9. The molecule has 0 heterocycles. The maximum atomic E-state index is 10.9. The lowest BCUT2D eigenvalue weighted by Crippen LogP contribution is -2.51. The summed E-state index contributed by atoms with van der Waals surface area (Å²) in [5, 5.41) is 24.2. The smallest absolute Gasteiger partial charge is 0.273 e. The van der Waals surface area contributed by atoms with Crippen LogP contribution in [0.3, 0.4) is 0 Å². The summed E-state index contributed by atoms with van der Waals surface area (Å²) in [6.07, 6.45) is 0. The first-order chi connectivity index (χ1) is 8.45. The summed E-state index contributed by atoms with van der Waals surface area (Å²) in [6.45, 7) is 8.86. The number of benzene rings is 1. The topological polar surface area (TPSA) is 75.4 Å². The molecule has 0 fully saturated rings. The van der Waals surface area contributed by atoms with E-state index in [0.717, 1.165) is 5.69 Å². The molecule has 1 aromatic carbocycles. The van der Waals surface area contributed by atoms with E-state index in [-0.39, 0.29) is 5.69 Å². The molecule has 106 valence electrons. The predicted octanol–water partition coefficient (Wildman–Crippen LogP) is 3.63. The summed E-state index contributed by atoms with van der Waals surface area (Å²) in [6, 6.07) is 3.17. The van der Waals surface area contributed by atoms with E-state index >= 15 is 0 Å². The molecule has 0 radical (unpaired) electrons. The summed E-state index contributed by atoms with van der Waals surface area (Å²) in [5.41, 5.74) is -0.170. The van der Waals surface area contributed by atoms with Crippen LogP contribution < -0.4 is 5.32 Å². The molecule has 5 nitrogen and oxygen atoms in total. The SMILES string of the molecule is Cc1cc(NC(C)(C)C(C)(C)O)c(Br)cc1[N+](=O)[O-]. The summed E-state index contributed by atoms with van der Waals surface area (Å²) in [4.78, 5) is 10.4. The predicted molar refractivity (Wildman–Crippen MR) is 79.5 cm³/mol. The third-order valence-electron chi connectivity index (χ3n) is 3.46. The molecule has 0 aliphatic rings. The quantitative estimate of drug-likeness (QED) is 0.653. The number of nitro groups is 1. The maximum absolute atomic E-state index is 10.9. The van der Waals surface area contributed by atoms with Gasteiger partial charge in [-0.3, -0.25) is 10.1 Å². The van der Waals surface area contributed by atoms with Crippen LogP contribution in [0, 0.1) is 17.0 Å². The van der Waals surface area contributed by atoms with Crippen LogP contribution in [0.25, 0.3) is 0 Å². The fraction of sp³-hybridized carbons (Fsp3) is 0.538. The van der Waals surface area contributed by atoms with E-state index in [1.54, 1.807) is 26.8 Å². The normalized spacial score (nSPS) is 12.4. The lowest BCUT2D eigenvalue weighted by Gasteiger charge is -2.39. The Morgan fingerprint density at radius 2 is 1.84 bits per heavy atom. The second-order valence-corrected chi connectivity index (χ2v) is 6.54. The van der Waals surface area contributed by atoms with Gasteiger partial charge in [0.2, 0.25) is 0 Å². The summed E-state index contributed by atoms with van der Waals surface area (Å²) in [7, 11) is 0. The van der Waals surface area contributed by atoms with Gasteiger partial charge in [0.05, 0.1) is 16.1 Å². The molecule has 0 saturated carbocycles. The Bertz CT molecular complexity index is 507. The van der Waals surface area contributed by atoms with Gasteiger partial charge in [-0.2, -0.15) is 0 Å². The van der Waals surface area contributed by atoms with Gasteiger partial charge in [0.1, 0.15) is 0 Å². The molecule has 0 unspecified atom stereocenters. The lowest BCUT2D eigenvalue weighted by molar-refractivity contribution is -0.385. The van der Waals surface area contributed by atoms with Crippen molar-refractivity contribution in [2.75, 3.05) is 5.32 Å². The van der Waals surface area contributed by atoms with Crippen molar-refractivity contribution >= 4 is 27.3 Å². The summed E-state index contributed by atoms with van der Waals surface area (Å²) >= 11 is 3.32. The van der Waals surface area contributed by atoms with Crippen molar-refractivity contribution in [3.63, 3.8) is 0 Å². The highest BCUT2D eigenvalue weighted by Crippen LogP contribution is 2.34. The van der Waals surface area contributed by atoms with Crippen molar-refractivity contribution < 1.29 is 10.0 Å². The lowest BCUT2D eigenvalue weighted by atomic mass is 9.85. The van der Waals surface area contributed by atoms with E-state index in [4.69, 9.17) is 0 Å². The van der Waals surface area contributed by atoms with Gasteiger partial charge in [0, 0.05) is 21.8 Å². The number of aliphatic hydroxyl groups is 1. The van der Waals surface area contributed by atoms with Gasteiger partial charge in [-0.15, -0.1) is 0 Å². The van der Waals surface area contributed by atoms with Crippen molar-refractivity contribution in [1.29, 1.82) is 0 Å². The van der Waals surface area contributed by atoms with Crippen molar-refractivity contribution in [1.82, 2.24) is 0 Å². The number of hydrogen-bond acceptors (Lipinski definition) is 4. The molecule has 1 rings (SSSR count). The van der Waals surface area contributed by atoms with Crippen LogP contribution in [-0.4, -0.2) is 21.2 Å². The fourth-order valence-electron chi connectivity index (χ4n) is 1.45. The zero-order valence-corrected chi connectivity index (χ0v) is 13.3. The largest absolute Gasteiger partial charge is 0.388 e. The Hall–Kier alpha value is -1.14. The number of aryl methyl sites for hydroxylation is 1. The molecule has 0 saturated heterocycles. The second kappa shape index (κ2) is 5.09. The molecular formula is C13H19BrN2O3. The van der Waals surface area contributed by atoms with Crippen molar-refractivity contribution in [2.24, 2.45) is 0 Å². The third kappa shape index (κ3) is 3.45. The van der Waals surface area contributed by atoms with Crippen LogP contribution in [-0.2, 0) is 0 Å². The standard InChI is InChI=1S/C13H19BrN2O3/c1-8-6-10(9(14)7-11(8)16(18)19)15-12(2,3)13(4,5)17/h6-7,15,17H,1-5H3. The second-order valence-electron chi connectivity index (χ2n) is 5.68. The highest BCUT2D eigenvalue weighted by molar-refractivity contribution is 9.10. The van der Waals surface area contributed by atoms with Gasteiger partial charge in [-0.1, -0.05) is 0 Å². The Labute approximate surface area is 121 Å². The van der Waals surface area contributed by atoms with Gasteiger partial charge in [-0.25, -0.2) is 0 Å². The molecule has 0 aliphatic carbocycles. The summed E-state index contributed by atoms with van der Waals surface area (Å²) < 4.78 is 0.599. The minimum absolute atomic E-state index is 0.0680. The molecule has 19 heavy (non-hydrogen) atoms. The van der Waals surface area contributed by atoms with Gasteiger partial charge in [0.25, 0.3) is 5.69 Å². The average Bonchev–Trinajstić information content (AvgIpc) is 2.20. The summed E-state index contributed by atoms with van der Waals surface area (Å²) in [5.74, 6) is 0. The van der Waals surface area contributed by atoms with E-state index < -0.39 is 16.1 Å². The maximum Gasteiger partial charge on any atom is 0.273 e. The van der Waals surface area contributed by atoms with Gasteiger partial charge < -0.3 is 10.4 Å². The van der Waals surface area contributed by atoms with E-state index in [1.807, 2.05) is 13.8 Å². The Morgan fingerprint density at radius 3 is 2.26 bits per heavy atom. The third-order valence-corrected chi connectivity index (χ3v) is 4.12. The molecule has 0 amide bonds. The molecule has 2 N–H and O–H groups in total. The van der Waals surface area contributed by atoms with Crippen LogP contribution in [0.1, 0.15) is 33.3 Å². The molecule has 0 aliphatic heterocycles. The number of anilines is 1. The fourth-order valence-corrected chi connectivity index (χ4v) is 1.88. The Morgan fingerprint density at radius 1 is 1.32 bits per heavy atom. The Balaban J connectivity index is 3.18. The van der Waals surface area contributed by atoms with Gasteiger partial charge in [-0.05, 0) is 56.6 Å². The highest BCUT2D eigenvalue weighted by Gasteiger charge is 2.35. The first-order valence-corrected chi connectivity index (χ1v) is 6.70. The number of hydrogen-bond donors (Lipinski definition) is 2. The van der Waals surface area contributed by atoms with E-state index in [2.05, 4.69) is 21.2 Å². The number of nitrogens with one attached hydrogen (secondary N) is 1. The van der Waals surface area contributed by atoms with Crippen LogP contribution in [0.4, 0.5) is 11.4 Å². The van der Waals surface area contributed by atoms with Crippen LogP contribution in [0.2, 0.25) is 0 Å². The number of halogens is 1. The number of nitrogens with zero attached hydrogens (tertiary/aromatic N) is 1. The molecule has 0 atom stereocenters. The van der Waals surface area contributed by atoms with Crippen molar-refractivity contribution in [3.05, 3.63) is 32.3 Å². The van der Waals surface area contributed by atoms with Gasteiger partial charge in [0.15, 0.2) is 0 Å². The first kappa shape index (κ1) is 15.9. The monoisotopic (exact) mass is 330 g/mol. The zero-order chi connectivity index (χ0) is 15.0. The minimum Gasteiger partial charge on any atom is -0.388 e. The van der Waals surface area contributed by atoms with E-state index in [0.29, 0.717) is 10.0 Å². The van der Waals surface area contributed by atoms with Crippen molar-refractivity contribution in [3.8, 4) is 0 Å². The molecule has 0 bridgehead atoms. The van der Waals surface area contributed by atoms with E-state index in [9.17, 15) is 15.2 Å².